The maximum Gasteiger partial charge on any atom is 0.0595 e. The van der Waals surface area contributed by atoms with Crippen LogP contribution in [0, 0.1) is 5.41 Å². The van der Waals surface area contributed by atoms with Crippen molar-refractivity contribution in [2.75, 3.05) is 26.3 Å². The molecular formula is C15H19Cl2NO. The average molecular weight is 300 g/mol. The molecule has 4 heteroatoms. The summed E-state index contributed by atoms with van der Waals surface area (Å²) in [7, 11) is 0. The summed E-state index contributed by atoms with van der Waals surface area (Å²) < 4.78 is 5.72. The van der Waals surface area contributed by atoms with Crippen molar-refractivity contribution in [2.24, 2.45) is 5.41 Å². The second-order valence-corrected chi connectivity index (χ2v) is 6.55. The maximum absolute atomic E-state index is 6.18. The van der Waals surface area contributed by atoms with Gasteiger partial charge in [0.1, 0.15) is 0 Å². The zero-order chi connectivity index (χ0) is 13.5. The van der Waals surface area contributed by atoms with E-state index in [0.29, 0.717) is 10.0 Å². The molecule has 2 atom stereocenters. The lowest BCUT2D eigenvalue weighted by atomic mass is 9.81. The van der Waals surface area contributed by atoms with Gasteiger partial charge in [-0.3, -0.25) is 0 Å². The maximum atomic E-state index is 6.18. The van der Waals surface area contributed by atoms with Gasteiger partial charge in [-0.15, -0.1) is 0 Å². The topological polar surface area (TPSA) is 21.3 Å². The summed E-state index contributed by atoms with van der Waals surface area (Å²) in [5, 5.41) is 4.80. The van der Waals surface area contributed by atoms with Crippen molar-refractivity contribution < 1.29 is 4.74 Å². The van der Waals surface area contributed by atoms with Gasteiger partial charge in [0.25, 0.3) is 0 Å². The van der Waals surface area contributed by atoms with E-state index in [-0.39, 0.29) is 10.8 Å². The van der Waals surface area contributed by atoms with Gasteiger partial charge < -0.3 is 10.1 Å². The number of hydrogen-bond acceptors (Lipinski definition) is 2. The Morgan fingerprint density at radius 2 is 2.16 bits per heavy atom. The monoisotopic (exact) mass is 299 g/mol. The summed E-state index contributed by atoms with van der Waals surface area (Å²) >= 11 is 12.2. The van der Waals surface area contributed by atoms with Crippen molar-refractivity contribution in [2.45, 2.75) is 25.2 Å². The smallest absolute Gasteiger partial charge is 0.0595 e. The fraction of sp³-hybridized carbons (Fsp3) is 0.600. The van der Waals surface area contributed by atoms with Gasteiger partial charge in [0.2, 0.25) is 0 Å². The van der Waals surface area contributed by atoms with E-state index < -0.39 is 0 Å². The quantitative estimate of drug-likeness (QED) is 0.916. The van der Waals surface area contributed by atoms with Crippen LogP contribution in [0.2, 0.25) is 10.0 Å². The van der Waals surface area contributed by atoms with Crippen molar-refractivity contribution in [1.29, 1.82) is 0 Å². The number of piperidine rings is 1. The van der Waals surface area contributed by atoms with Crippen LogP contribution in [0.4, 0.5) is 0 Å². The SMILES string of the molecule is CCOC[C@]12CNCC[C@@]1(c1ccc(Cl)c(Cl)c1)C2. The van der Waals surface area contributed by atoms with Gasteiger partial charge in [-0.25, -0.2) is 0 Å². The third-order valence-corrected chi connectivity index (χ3v) is 5.52. The number of ether oxygens (including phenoxy) is 1. The highest BCUT2D eigenvalue weighted by Crippen LogP contribution is 2.67. The molecule has 1 aliphatic carbocycles. The molecule has 0 unspecified atom stereocenters. The first-order valence-electron chi connectivity index (χ1n) is 6.88. The molecule has 2 nitrogen and oxygen atoms in total. The van der Waals surface area contributed by atoms with Crippen LogP contribution in [0.5, 0.6) is 0 Å². The Morgan fingerprint density at radius 3 is 2.89 bits per heavy atom. The number of halogens is 2. The molecule has 1 saturated carbocycles. The molecule has 2 fully saturated rings. The molecule has 3 rings (SSSR count). The Kier molecular flexibility index (Phi) is 3.55. The molecule has 2 aliphatic rings. The average Bonchev–Trinajstić information content (AvgIpc) is 3.10. The van der Waals surface area contributed by atoms with Crippen LogP contribution < -0.4 is 5.32 Å². The van der Waals surface area contributed by atoms with E-state index >= 15 is 0 Å². The first kappa shape index (κ1) is 13.7. The summed E-state index contributed by atoms with van der Waals surface area (Å²) in [6, 6.07) is 6.09. The Bertz CT molecular complexity index is 493. The van der Waals surface area contributed by atoms with E-state index in [1.807, 2.05) is 12.1 Å². The molecule has 104 valence electrons. The van der Waals surface area contributed by atoms with Gasteiger partial charge in [0.05, 0.1) is 16.7 Å². The van der Waals surface area contributed by atoms with Crippen molar-refractivity contribution in [3.8, 4) is 0 Å². The van der Waals surface area contributed by atoms with Crippen LogP contribution >= 0.6 is 23.2 Å². The molecule has 19 heavy (non-hydrogen) atoms. The normalized spacial score (nSPS) is 33.0. The lowest BCUT2D eigenvalue weighted by Gasteiger charge is -2.31. The van der Waals surface area contributed by atoms with Crippen LogP contribution in [0.3, 0.4) is 0 Å². The largest absolute Gasteiger partial charge is 0.381 e. The number of benzene rings is 1. The first-order valence-corrected chi connectivity index (χ1v) is 7.63. The predicted octanol–water partition coefficient (Wildman–Crippen LogP) is 3.65. The molecule has 1 N–H and O–H groups in total. The summed E-state index contributed by atoms with van der Waals surface area (Å²) in [5.74, 6) is 0. The third-order valence-electron chi connectivity index (χ3n) is 4.78. The van der Waals surface area contributed by atoms with Gasteiger partial charge in [0, 0.05) is 24.0 Å². The van der Waals surface area contributed by atoms with Crippen LogP contribution in [0.25, 0.3) is 0 Å². The van der Waals surface area contributed by atoms with E-state index in [1.165, 1.54) is 12.0 Å². The van der Waals surface area contributed by atoms with E-state index in [2.05, 4.69) is 18.3 Å². The summed E-state index contributed by atoms with van der Waals surface area (Å²) in [6.45, 7) is 5.76. The van der Waals surface area contributed by atoms with Crippen LogP contribution in [0.15, 0.2) is 18.2 Å². The molecular weight excluding hydrogens is 281 g/mol. The van der Waals surface area contributed by atoms with E-state index in [0.717, 1.165) is 32.7 Å². The van der Waals surface area contributed by atoms with Crippen LogP contribution in [-0.4, -0.2) is 26.3 Å². The molecule has 0 amide bonds. The highest BCUT2D eigenvalue weighted by Gasteiger charge is 2.68. The van der Waals surface area contributed by atoms with Gasteiger partial charge in [-0.05, 0) is 44.0 Å². The van der Waals surface area contributed by atoms with Gasteiger partial charge >= 0.3 is 0 Å². The minimum Gasteiger partial charge on any atom is -0.381 e. The second-order valence-electron chi connectivity index (χ2n) is 5.73. The summed E-state index contributed by atoms with van der Waals surface area (Å²) in [6.07, 6.45) is 2.34. The molecule has 1 aromatic rings. The van der Waals surface area contributed by atoms with Crippen molar-refractivity contribution in [3.05, 3.63) is 33.8 Å². The standard InChI is InChI=1S/C15H19Cl2NO/c1-2-19-10-14-8-15(14,5-6-18-9-14)11-3-4-12(16)13(17)7-11/h3-4,7,18H,2,5-6,8-10H2,1H3/t14-,15-/m0/s1. The minimum atomic E-state index is 0.238. The van der Waals surface area contributed by atoms with E-state index in [9.17, 15) is 0 Å². The minimum absolute atomic E-state index is 0.238. The Morgan fingerprint density at radius 1 is 1.32 bits per heavy atom. The lowest BCUT2D eigenvalue weighted by molar-refractivity contribution is 0.0817. The second kappa shape index (κ2) is 4.92. The Hall–Kier alpha value is -0.280. The fourth-order valence-corrected chi connectivity index (χ4v) is 3.93. The van der Waals surface area contributed by atoms with Crippen molar-refractivity contribution >= 4 is 23.2 Å². The van der Waals surface area contributed by atoms with E-state index in [4.69, 9.17) is 27.9 Å². The summed E-state index contributed by atoms with van der Waals surface area (Å²) in [5.41, 5.74) is 1.81. The van der Waals surface area contributed by atoms with Crippen LogP contribution in [0.1, 0.15) is 25.3 Å². The molecule has 1 aliphatic heterocycles. The molecule has 0 aromatic heterocycles. The highest BCUT2D eigenvalue weighted by molar-refractivity contribution is 6.42. The van der Waals surface area contributed by atoms with Crippen LogP contribution in [-0.2, 0) is 10.2 Å². The number of rotatable bonds is 4. The number of nitrogens with one attached hydrogen (secondary N) is 1. The number of hydrogen-bond donors (Lipinski definition) is 1. The van der Waals surface area contributed by atoms with Gasteiger partial charge in [0.15, 0.2) is 0 Å². The molecule has 0 radical (unpaired) electrons. The fourth-order valence-electron chi connectivity index (χ4n) is 3.63. The highest BCUT2D eigenvalue weighted by atomic mass is 35.5. The Labute approximate surface area is 124 Å². The molecule has 1 aromatic carbocycles. The lowest BCUT2D eigenvalue weighted by Crippen LogP contribution is -2.41. The first-order chi connectivity index (χ1) is 9.13. The Balaban J connectivity index is 1.91. The van der Waals surface area contributed by atoms with Crippen molar-refractivity contribution in [3.63, 3.8) is 0 Å². The predicted molar refractivity (Wildman–Crippen MR) is 79.2 cm³/mol. The molecule has 0 bridgehead atoms. The van der Waals surface area contributed by atoms with E-state index in [1.54, 1.807) is 0 Å². The van der Waals surface area contributed by atoms with Gasteiger partial charge in [-0.2, -0.15) is 0 Å². The van der Waals surface area contributed by atoms with Crippen molar-refractivity contribution in [1.82, 2.24) is 5.32 Å². The zero-order valence-corrected chi connectivity index (χ0v) is 12.7. The third kappa shape index (κ3) is 2.09. The number of fused-ring (bicyclic) bond motifs is 1. The molecule has 1 saturated heterocycles. The molecule has 1 heterocycles. The molecule has 0 spiro atoms. The zero-order valence-electron chi connectivity index (χ0n) is 11.1. The van der Waals surface area contributed by atoms with Gasteiger partial charge in [-0.1, -0.05) is 29.3 Å². The summed E-state index contributed by atoms with van der Waals surface area (Å²) in [4.78, 5) is 0.